The highest BCUT2D eigenvalue weighted by Crippen LogP contribution is 2.25. The predicted molar refractivity (Wildman–Crippen MR) is 125 cm³/mol. The van der Waals surface area contributed by atoms with Gasteiger partial charge in [-0.25, -0.2) is 4.98 Å². The molecule has 0 radical (unpaired) electrons. The van der Waals surface area contributed by atoms with Gasteiger partial charge >= 0.3 is 0 Å². The molecular weight excluding hydrogens is 410 g/mol. The highest BCUT2D eigenvalue weighted by atomic mass is 32.1. The number of anilines is 1. The van der Waals surface area contributed by atoms with Crippen molar-refractivity contribution < 1.29 is 14.3 Å². The number of unbranched alkanes of at least 4 members (excludes halogenated alkanes) is 1. The molecule has 7 heteroatoms. The molecule has 1 heterocycles. The number of carbonyl (C=O) groups is 2. The number of nitrogens with one attached hydrogen (secondary N) is 1. The third-order valence-corrected chi connectivity index (χ3v) is 6.43. The largest absolute Gasteiger partial charge is 0.494 e. The molecule has 1 saturated carbocycles. The van der Waals surface area contributed by atoms with Crippen LogP contribution in [0.4, 0.5) is 5.13 Å². The highest BCUT2D eigenvalue weighted by Gasteiger charge is 2.24. The van der Waals surface area contributed by atoms with Crippen molar-refractivity contribution in [3.8, 4) is 5.75 Å². The fourth-order valence-corrected chi connectivity index (χ4v) is 4.56. The van der Waals surface area contributed by atoms with Crippen molar-refractivity contribution in [1.82, 2.24) is 9.88 Å². The average molecular weight is 444 g/mol. The number of nitrogens with zero attached hydrogens (tertiary/aromatic N) is 2. The molecule has 0 saturated heterocycles. The zero-order valence-electron chi connectivity index (χ0n) is 18.6. The summed E-state index contributed by atoms with van der Waals surface area (Å²) < 4.78 is 5.70. The van der Waals surface area contributed by atoms with Crippen LogP contribution < -0.4 is 10.1 Å². The molecule has 1 aliphatic carbocycles. The van der Waals surface area contributed by atoms with E-state index in [0.717, 1.165) is 37.1 Å². The Balaban J connectivity index is 1.66. The Morgan fingerprint density at radius 1 is 1.19 bits per heavy atom. The Kier molecular flexibility index (Phi) is 8.88. The molecule has 1 aliphatic rings. The van der Waals surface area contributed by atoms with Crippen LogP contribution >= 0.6 is 11.3 Å². The van der Waals surface area contributed by atoms with Crippen molar-refractivity contribution in [2.24, 2.45) is 5.92 Å². The van der Waals surface area contributed by atoms with Gasteiger partial charge in [0.15, 0.2) is 5.13 Å². The van der Waals surface area contributed by atoms with Crippen LogP contribution in [0.5, 0.6) is 5.75 Å². The first-order chi connectivity index (χ1) is 15.0. The van der Waals surface area contributed by atoms with Crippen molar-refractivity contribution in [2.75, 3.05) is 25.0 Å². The van der Waals surface area contributed by atoms with E-state index in [4.69, 9.17) is 4.74 Å². The average Bonchev–Trinajstić information content (AvgIpc) is 3.18. The summed E-state index contributed by atoms with van der Waals surface area (Å²) in [6, 6.07) is 7.25. The molecule has 1 aromatic heterocycles. The second-order valence-corrected chi connectivity index (χ2v) is 9.12. The summed E-state index contributed by atoms with van der Waals surface area (Å²) in [6.07, 6.45) is 7.96. The van der Waals surface area contributed by atoms with Crippen LogP contribution in [-0.4, -0.2) is 41.4 Å². The minimum atomic E-state index is -0.210. The number of hydrogen-bond donors (Lipinski definition) is 1. The van der Waals surface area contributed by atoms with E-state index in [9.17, 15) is 9.59 Å². The fraction of sp³-hybridized carbons (Fsp3) is 0.542. The Morgan fingerprint density at radius 3 is 2.58 bits per heavy atom. The number of benzene rings is 1. The van der Waals surface area contributed by atoms with Crippen LogP contribution in [0, 0.1) is 12.8 Å². The molecule has 0 unspecified atom stereocenters. The number of rotatable bonds is 10. The van der Waals surface area contributed by atoms with Crippen LogP contribution in [-0.2, 0) is 4.79 Å². The molecule has 0 aliphatic heterocycles. The molecule has 168 valence electrons. The van der Waals surface area contributed by atoms with E-state index in [-0.39, 0.29) is 18.4 Å². The van der Waals surface area contributed by atoms with Crippen molar-refractivity contribution in [3.05, 3.63) is 40.9 Å². The molecule has 0 atom stereocenters. The van der Waals surface area contributed by atoms with Gasteiger partial charge in [0.1, 0.15) is 12.3 Å². The Morgan fingerprint density at radius 2 is 1.94 bits per heavy atom. The predicted octanol–water partition coefficient (Wildman–Crippen LogP) is 5.29. The van der Waals surface area contributed by atoms with Gasteiger partial charge in [-0.05, 0) is 56.4 Å². The maximum Gasteiger partial charge on any atom is 0.254 e. The standard InChI is InChI=1S/C24H33N3O3S/c1-3-4-14-30-21-12-10-20(11-13-21)23(29)27(15-19-8-6-5-7-9-19)16-22(28)26-24-25-18(2)17-31-24/h10-13,17,19H,3-9,14-16H2,1-2H3,(H,25,26,28). The van der Waals surface area contributed by atoms with Crippen LogP contribution in [0.3, 0.4) is 0 Å². The van der Waals surface area contributed by atoms with Crippen LogP contribution in [0.2, 0.25) is 0 Å². The molecule has 31 heavy (non-hydrogen) atoms. The quantitative estimate of drug-likeness (QED) is 0.506. The molecule has 0 spiro atoms. The van der Waals surface area contributed by atoms with Gasteiger partial charge in [0, 0.05) is 17.5 Å². The second-order valence-electron chi connectivity index (χ2n) is 8.26. The van der Waals surface area contributed by atoms with Crippen molar-refractivity contribution in [3.63, 3.8) is 0 Å². The van der Waals surface area contributed by atoms with Gasteiger partial charge in [0.05, 0.1) is 12.3 Å². The molecule has 0 bridgehead atoms. The maximum atomic E-state index is 13.3. The summed E-state index contributed by atoms with van der Waals surface area (Å²) in [7, 11) is 0. The number of hydrogen-bond acceptors (Lipinski definition) is 5. The van der Waals surface area contributed by atoms with E-state index < -0.39 is 0 Å². The Bertz CT molecular complexity index is 844. The summed E-state index contributed by atoms with van der Waals surface area (Å²) in [6.45, 7) is 5.33. The van der Waals surface area contributed by atoms with Gasteiger partial charge < -0.3 is 15.0 Å². The summed E-state index contributed by atoms with van der Waals surface area (Å²) in [5, 5.41) is 5.29. The lowest BCUT2D eigenvalue weighted by Crippen LogP contribution is -2.41. The van der Waals surface area contributed by atoms with E-state index in [2.05, 4.69) is 17.2 Å². The number of ether oxygens (including phenoxy) is 1. The lowest BCUT2D eigenvalue weighted by Gasteiger charge is -2.29. The summed E-state index contributed by atoms with van der Waals surface area (Å²) >= 11 is 1.39. The Hall–Kier alpha value is -2.41. The first-order valence-electron chi connectivity index (χ1n) is 11.3. The van der Waals surface area contributed by atoms with Gasteiger partial charge in [-0.3, -0.25) is 9.59 Å². The topological polar surface area (TPSA) is 71.5 Å². The monoisotopic (exact) mass is 443 g/mol. The van der Waals surface area contributed by atoms with E-state index in [1.807, 2.05) is 24.4 Å². The molecular formula is C24H33N3O3S. The zero-order chi connectivity index (χ0) is 22.1. The number of thiazole rings is 1. The third kappa shape index (κ3) is 7.35. The van der Waals surface area contributed by atoms with E-state index in [1.54, 1.807) is 17.0 Å². The van der Waals surface area contributed by atoms with Crippen molar-refractivity contribution in [2.45, 2.75) is 58.8 Å². The van der Waals surface area contributed by atoms with Crippen LogP contribution in [0.15, 0.2) is 29.6 Å². The van der Waals surface area contributed by atoms with E-state index >= 15 is 0 Å². The molecule has 1 fully saturated rings. The van der Waals surface area contributed by atoms with Crippen LogP contribution in [0.1, 0.15) is 67.9 Å². The molecule has 6 nitrogen and oxygen atoms in total. The second kappa shape index (κ2) is 11.8. The number of aryl methyl sites for hydroxylation is 1. The van der Waals surface area contributed by atoms with Gasteiger partial charge in [-0.2, -0.15) is 0 Å². The summed E-state index contributed by atoms with van der Waals surface area (Å²) in [5.41, 5.74) is 1.45. The summed E-state index contributed by atoms with van der Waals surface area (Å²) in [4.78, 5) is 31.9. The molecule has 2 aromatic rings. The first-order valence-corrected chi connectivity index (χ1v) is 12.2. The van der Waals surface area contributed by atoms with Crippen LogP contribution in [0.25, 0.3) is 0 Å². The number of carbonyl (C=O) groups excluding carboxylic acids is 2. The first kappa shape index (κ1) is 23.3. The third-order valence-electron chi connectivity index (χ3n) is 5.56. The summed E-state index contributed by atoms with van der Waals surface area (Å²) in [5.74, 6) is 0.888. The minimum Gasteiger partial charge on any atom is -0.494 e. The highest BCUT2D eigenvalue weighted by molar-refractivity contribution is 7.13. The van der Waals surface area contributed by atoms with E-state index in [0.29, 0.717) is 29.8 Å². The SMILES string of the molecule is CCCCOc1ccc(C(=O)N(CC(=O)Nc2nc(C)cs2)CC2CCCCC2)cc1. The fourth-order valence-electron chi connectivity index (χ4n) is 3.85. The molecule has 1 N–H and O–H groups in total. The zero-order valence-corrected chi connectivity index (χ0v) is 19.4. The maximum absolute atomic E-state index is 13.3. The van der Waals surface area contributed by atoms with Crippen molar-refractivity contribution in [1.29, 1.82) is 0 Å². The van der Waals surface area contributed by atoms with Gasteiger partial charge in [0.2, 0.25) is 5.91 Å². The number of aromatic nitrogens is 1. The van der Waals surface area contributed by atoms with E-state index in [1.165, 1.54) is 30.6 Å². The minimum absolute atomic E-state index is 0.0305. The van der Waals surface area contributed by atoms with Gasteiger partial charge in [0.25, 0.3) is 5.91 Å². The molecule has 1 aromatic carbocycles. The smallest absolute Gasteiger partial charge is 0.254 e. The number of amides is 2. The lowest BCUT2D eigenvalue weighted by molar-refractivity contribution is -0.117. The van der Waals surface area contributed by atoms with Crippen molar-refractivity contribution >= 4 is 28.3 Å². The van der Waals surface area contributed by atoms with Gasteiger partial charge in [-0.1, -0.05) is 32.6 Å². The van der Waals surface area contributed by atoms with Gasteiger partial charge in [-0.15, -0.1) is 11.3 Å². The molecule has 3 rings (SSSR count). The normalized spacial score (nSPS) is 14.3. The lowest BCUT2D eigenvalue weighted by atomic mass is 9.89. The Labute approximate surface area is 189 Å². The molecule has 2 amide bonds.